The van der Waals surface area contributed by atoms with Crippen molar-refractivity contribution in [3.05, 3.63) is 28.8 Å². The molecule has 0 bridgehead atoms. The Morgan fingerprint density at radius 3 is 2.08 bits per heavy atom. The molecule has 136 valence electrons. The van der Waals surface area contributed by atoms with Crippen molar-refractivity contribution in [2.24, 2.45) is 0 Å². The summed E-state index contributed by atoms with van der Waals surface area (Å²) in [6.45, 7) is 4.87. The molecule has 1 aromatic carbocycles. The summed E-state index contributed by atoms with van der Waals surface area (Å²) in [5, 5.41) is 38.4. The summed E-state index contributed by atoms with van der Waals surface area (Å²) in [4.78, 5) is 0.138. The van der Waals surface area contributed by atoms with E-state index < -0.39 is 40.7 Å². The van der Waals surface area contributed by atoms with Gasteiger partial charge in [-0.25, -0.2) is 13.1 Å². The van der Waals surface area contributed by atoms with Gasteiger partial charge in [-0.3, -0.25) is 0 Å². The van der Waals surface area contributed by atoms with E-state index in [0.717, 1.165) is 5.56 Å². The molecule has 1 aromatic rings. The molecule has 1 saturated heterocycles. The van der Waals surface area contributed by atoms with Gasteiger partial charge in [-0.15, -0.1) is 0 Å². The fourth-order valence-electron chi connectivity index (χ4n) is 2.95. The molecule has 2 rings (SSSR count). The maximum absolute atomic E-state index is 12.5. The minimum Gasteiger partial charge on any atom is -0.388 e. The monoisotopic (exact) mass is 361 g/mol. The number of benzene rings is 1. The number of nitrogens with one attached hydrogen (secondary N) is 1. The van der Waals surface area contributed by atoms with Crippen molar-refractivity contribution in [1.82, 2.24) is 4.72 Å². The predicted molar refractivity (Wildman–Crippen MR) is 84.7 cm³/mol. The number of aryl methyl sites for hydroxylation is 3. The van der Waals surface area contributed by atoms with Gasteiger partial charge in [0, 0.05) is 6.54 Å². The molecule has 0 aromatic heterocycles. The van der Waals surface area contributed by atoms with Crippen LogP contribution in [-0.2, 0) is 14.8 Å². The highest BCUT2D eigenvalue weighted by molar-refractivity contribution is 7.89. The number of sulfonamides is 1. The van der Waals surface area contributed by atoms with Gasteiger partial charge < -0.3 is 25.2 Å². The minimum absolute atomic E-state index is 0.138. The van der Waals surface area contributed by atoms with Gasteiger partial charge in [0.05, 0.1) is 4.90 Å². The molecule has 1 heterocycles. The van der Waals surface area contributed by atoms with Crippen LogP contribution in [0.4, 0.5) is 0 Å². The van der Waals surface area contributed by atoms with Crippen molar-refractivity contribution in [1.29, 1.82) is 0 Å². The molecular weight excluding hydrogens is 338 g/mol. The van der Waals surface area contributed by atoms with Gasteiger partial charge >= 0.3 is 0 Å². The molecule has 5 N–H and O–H groups in total. The van der Waals surface area contributed by atoms with Crippen LogP contribution in [0.3, 0.4) is 0 Å². The van der Waals surface area contributed by atoms with E-state index in [1.165, 1.54) is 0 Å². The summed E-state index contributed by atoms with van der Waals surface area (Å²) in [5.74, 6) is 0. The van der Waals surface area contributed by atoms with E-state index in [0.29, 0.717) is 11.1 Å². The summed E-state index contributed by atoms with van der Waals surface area (Å²) in [6.07, 6.45) is -7.73. The van der Waals surface area contributed by atoms with Gasteiger partial charge in [-0.1, -0.05) is 17.7 Å². The molecule has 0 aliphatic carbocycles. The van der Waals surface area contributed by atoms with E-state index in [4.69, 9.17) is 4.74 Å². The number of rotatable bonds is 4. The summed E-state index contributed by atoms with van der Waals surface area (Å²) in [5.41, 5.74) is 2.11. The Hall–Kier alpha value is -1.07. The topological polar surface area (TPSA) is 136 Å². The van der Waals surface area contributed by atoms with Crippen molar-refractivity contribution in [3.8, 4) is 0 Å². The van der Waals surface area contributed by atoms with Crippen LogP contribution in [0.25, 0.3) is 0 Å². The number of hydrogen-bond acceptors (Lipinski definition) is 7. The molecule has 1 aliphatic rings. The second kappa shape index (κ2) is 7.04. The number of aliphatic hydroxyl groups is 4. The molecule has 0 radical (unpaired) electrons. The third kappa shape index (κ3) is 3.77. The zero-order chi connectivity index (χ0) is 18.2. The normalized spacial score (nSPS) is 31.2. The van der Waals surface area contributed by atoms with Crippen molar-refractivity contribution < 1.29 is 33.6 Å². The van der Waals surface area contributed by atoms with Crippen molar-refractivity contribution in [3.63, 3.8) is 0 Å². The Labute approximate surface area is 140 Å². The summed E-state index contributed by atoms with van der Waals surface area (Å²) in [7, 11) is -3.88. The zero-order valence-corrected chi connectivity index (χ0v) is 14.5. The Bertz CT molecular complexity index is 683. The maximum Gasteiger partial charge on any atom is 0.241 e. The molecule has 1 aliphatic heterocycles. The average Bonchev–Trinajstić information content (AvgIpc) is 2.46. The van der Waals surface area contributed by atoms with E-state index in [9.17, 15) is 28.8 Å². The third-order valence-electron chi connectivity index (χ3n) is 4.04. The molecule has 0 amide bonds. The van der Waals surface area contributed by atoms with Crippen molar-refractivity contribution in [2.75, 3.05) is 6.54 Å². The first-order valence-electron chi connectivity index (χ1n) is 7.50. The first-order valence-corrected chi connectivity index (χ1v) is 8.98. The molecule has 8 nitrogen and oxygen atoms in total. The maximum atomic E-state index is 12.5. The second-order valence-corrected chi connectivity index (χ2v) is 7.82. The lowest BCUT2D eigenvalue weighted by Gasteiger charge is -2.38. The van der Waals surface area contributed by atoms with Crippen LogP contribution >= 0.6 is 0 Å². The van der Waals surface area contributed by atoms with E-state index in [1.54, 1.807) is 26.0 Å². The van der Waals surface area contributed by atoms with Gasteiger partial charge in [0.1, 0.15) is 24.4 Å². The molecule has 0 spiro atoms. The molecule has 1 fully saturated rings. The van der Waals surface area contributed by atoms with Crippen LogP contribution < -0.4 is 4.72 Å². The lowest BCUT2D eigenvalue weighted by Crippen LogP contribution is -2.59. The fourth-order valence-corrected chi connectivity index (χ4v) is 4.45. The highest BCUT2D eigenvalue weighted by Gasteiger charge is 2.43. The molecule has 9 heteroatoms. The molecular formula is C15H23NO7S. The number of hydrogen-bond donors (Lipinski definition) is 5. The van der Waals surface area contributed by atoms with E-state index >= 15 is 0 Å². The van der Waals surface area contributed by atoms with Gasteiger partial charge in [0.2, 0.25) is 10.0 Å². The van der Waals surface area contributed by atoms with Crippen molar-refractivity contribution in [2.45, 2.75) is 56.4 Å². The molecule has 5 atom stereocenters. The van der Waals surface area contributed by atoms with Crippen molar-refractivity contribution >= 4 is 10.0 Å². The van der Waals surface area contributed by atoms with E-state index in [1.807, 2.05) is 6.92 Å². The largest absolute Gasteiger partial charge is 0.388 e. The van der Waals surface area contributed by atoms with Crippen LogP contribution in [0.15, 0.2) is 17.0 Å². The van der Waals surface area contributed by atoms with Crippen LogP contribution in [0, 0.1) is 20.8 Å². The van der Waals surface area contributed by atoms with Gasteiger partial charge in [0.25, 0.3) is 0 Å². The standard InChI is InChI=1S/C15H23NO7S/c1-7-4-8(2)14(9(3)5-7)24(21,22)16-6-10-11(17)12(18)13(19)15(20)23-10/h4-5,10-13,15-20H,6H2,1-3H3/t10-,11-,12+,13+,15+/m1/s1. The summed E-state index contributed by atoms with van der Waals surface area (Å²) >= 11 is 0. The zero-order valence-electron chi connectivity index (χ0n) is 13.7. The first-order chi connectivity index (χ1) is 11.0. The molecule has 0 saturated carbocycles. The molecule has 0 unspecified atom stereocenters. The molecule has 24 heavy (non-hydrogen) atoms. The van der Waals surface area contributed by atoms with Gasteiger partial charge in [0.15, 0.2) is 6.29 Å². The summed E-state index contributed by atoms with van der Waals surface area (Å²) in [6, 6.07) is 3.49. The van der Waals surface area contributed by atoms with Crippen LogP contribution in [0.2, 0.25) is 0 Å². The lowest BCUT2D eigenvalue weighted by atomic mass is 9.99. The summed E-state index contributed by atoms with van der Waals surface area (Å²) < 4.78 is 32.4. The Morgan fingerprint density at radius 2 is 1.54 bits per heavy atom. The SMILES string of the molecule is Cc1cc(C)c(S(=O)(=O)NC[C@H]2O[C@H](O)[C@@H](O)[C@@H](O)[C@@H]2O)c(C)c1. The van der Waals surface area contributed by atoms with E-state index in [2.05, 4.69) is 4.72 Å². The highest BCUT2D eigenvalue weighted by atomic mass is 32.2. The second-order valence-electron chi connectivity index (χ2n) is 6.12. The number of aliphatic hydroxyl groups excluding tert-OH is 4. The Balaban J connectivity index is 2.17. The highest BCUT2D eigenvalue weighted by Crippen LogP contribution is 2.23. The number of ether oxygens (including phenoxy) is 1. The quantitative estimate of drug-likeness (QED) is 0.449. The predicted octanol–water partition coefficient (Wildman–Crippen LogP) is -1.31. The van der Waals surface area contributed by atoms with Crippen LogP contribution in [-0.4, -0.2) is 66.1 Å². The lowest BCUT2D eigenvalue weighted by molar-refractivity contribution is -0.279. The Morgan fingerprint density at radius 1 is 1.00 bits per heavy atom. The van der Waals surface area contributed by atoms with Gasteiger partial charge in [-0.05, 0) is 31.9 Å². The minimum atomic E-state index is -3.88. The Kier molecular flexibility index (Phi) is 5.65. The van der Waals surface area contributed by atoms with Crippen LogP contribution in [0.1, 0.15) is 16.7 Å². The van der Waals surface area contributed by atoms with Gasteiger partial charge in [-0.2, -0.15) is 0 Å². The average molecular weight is 361 g/mol. The van der Waals surface area contributed by atoms with E-state index in [-0.39, 0.29) is 11.4 Å². The van der Waals surface area contributed by atoms with Crippen LogP contribution in [0.5, 0.6) is 0 Å². The first kappa shape index (κ1) is 19.3. The fraction of sp³-hybridized carbons (Fsp3) is 0.600. The smallest absolute Gasteiger partial charge is 0.241 e. The third-order valence-corrected chi connectivity index (χ3v) is 5.76.